The molecule has 0 amide bonds. The molecule has 2 aromatic rings. The van der Waals surface area contributed by atoms with Crippen LogP contribution in [0.5, 0.6) is 0 Å². The van der Waals surface area contributed by atoms with E-state index in [0.717, 1.165) is 6.07 Å². The predicted octanol–water partition coefficient (Wildman–Crippen LogP) is 2.37. The monoisotopic (exact) mass is 239 g/mol. The van der Waals surface area contributed by atoms with E-state index in [4.69, 9.17) is 5.73 Å². The Balaban J connectivity index is 2.35. The number of aromatic amines is 1. The van der Waals surface area contributed by atoms with E-state index < -0.39 is 11.6 Å². The summed E-state index contributed by atoms with van der Waals surface area (Å²) in [7, 11) is 0. The van der Waals surface area contributed by atoms with E-state index in [9.17, 15) is 8.78 Å². The number of nitrogens with zero attached hydrogens (tertiary/aromatic N) is 1. The van der Waals surface area contributed by atoms with Gasteiger partial charge in [0.15, 0.2) is 11.6 Å². The average molecular weight is 239 g/mol. The van der Waals surface area contributed by atoms with Crippen LogP contribution in [0.25, 0.3) is 11.0 Å². The Hall–Kier alpha value is -1.49. The van der Waals surface area contributed by atoms with Crippen LogP contribution in [-0.2, 0) is 6.42 Å². The van der Waals surface area contributed by atoms with E-state index in [1.807, 2.05) is 13.8 Å². The van der Waals surface area contributed by atoms with Gasteiger partial charge in [0.2, 0.25) is 0 Å². The molecule has 0 aliphatic heterocycles. The first-order valence-corrected chi connectivity index (χ1v) is 5.57. The van der Waals surface area contributed by atoms with Gasteiger partial charge in [0.25, 0.3) is 0 Å². The van der Waals surface area contributed by atoms with Crippen molar-refractivity contribution < 1.29 is 8.78 Å². The van der Waals surface area contributed by atoms with Crippen LogP contribution in [0.1, 0.15) is 19.7 Å². The van der Waals surface area contributed by atoms with Crippen molar-refractivity contribution in [3.8, 4) is 0 Å². The molecule has 0 saturated carbocycles. The van der Waals surface area contributed by atoms with E-state index in [0.29, 0.717) is 23.7 Å². The highest BCUT2D eigenvalue weighted by Crippen LogP contribution is 2.19. The van der Waals surface area contributed by atoms with Crippen molar-refractivity contribution in [2.45, 2.75) is 26.3 Å². The van der Waals surface area contributed by atoms with Crippen LogP contribution in [0, 0.1) is 17.6 Å². The maximum atomic E-state index is 13.4. The Morgan fingerprint density at radius 2 is 2.06 bits per heavy atom. The van der Waals surface area contributed by atoms with Gasteiger partial charge >= 0.3 is 0 Å². The fraction of sp³-hybridized carbons (Fsp3) is 0.417. The molecule has 0 aliphatic rings. The summed E-state index contributed by atoms with van der Waals surface area (Å²) >= 11 is 0. The van der Waals surface area contributed by atoms with Gasteiger partial charge < -0.3 is 10.7 Å². The zero-order valence-electron chi connectivity index (χ0n) is 9.80. The van der Waals surface area contributed by atoms with Crippen molar-refractivity contribution in [1.29, 1.82) is 0 Å². The molecular formula is C12H15F2N3. The number of fused-ring (bicyclic) bond motifs is 1. The van der Waals surface area contributed by atoms with Crippen molar-refractivity contribution in [2.75, 3.05) is 0 Å². The lowest BCUT2D eigenvalue weighted by Gasteiger charge is -2.13. The van der Waals surface area contributed by atoms with E-state index in [2.05, 4.69) is 9.97 Å². The Morgan fingerprint density at radius 3 is 2.71 bits per heavy atom. The van der Waals surface area contributed by atoms with Crippen LogP contribution in [0.3, 0.4) is 0 Å². The van der Waals surface area contributed by atoms with Gasteiger partial charge in [-0.2, -0.15) is 0 Å². The van der Waals surface area contributed by atoms with Crippen molar-refractivity contribution in [3.05, 3.63) is 29.6 Å². The number of rotatable bonds is 3. The molecule has 0 fully saturated rings. The molecule has 5 heteroatoms. The zero-order valence-corrected chi connectivity index (χ0v) is 9.80. The second-order valence-corrected chi connectivity index (χ2v) is 4.55. The molecule has 1 heterocycles. The minimum Gasteiger partial charge on any atom is -0.342 e. The first-order chi connectivity index (χ1) is 7.99. The molecule has 1 aromatic carbocycles. The summed E-state index contributed by atoms with van der Waals surface area (Å²) in [5.74, 6) is -0.901. The summed E-state index contributed by atoms with van der Waals surface area (Å²) in [4.78, 5) is 7.00. The van der Waals surface area contributed by atoms with Crippen LogP contribution in [0.2, 0.25) is 0 Å². The van der Waals surface area contributed by atoms with Crippen LogP contribution >= 0.6 is 0 Å². The van der Waals surface area contributed by atoms with Gasteiger partial charge in [0.05, 0.1) is 5.52 Å². The number of H-pyrrole nitrogens is 1. The molecular weight excluding hydrogens is 224 g/mol. The molecule has 1 unspecified atom stereocenters. The quantitative estimate of drug-likeness (QED) is 0.864. The van der Waals surface area contributed by atoms with Gasteiger partial charge in [-0.25, -0.2) is 13.8 Å². The molecule has 1 aromatic heterocycles. The number of hydrogen-bond donors (Lipinski definition) is 2. The van der Waals surface area contributed by atoms with Crippen LogP contribution in [-0.4, -0.2) is 16.0 Å². The third kappa shape index (κ3) is 2.29. The molecule has 0 aliphatic carbocycles. The third-order valence-electron chi connectivity index (χ3n) is 2.88. The predicted molar refractivity (Wildman–Crippen MR) is 62.5 cm³/mol. The van der Waals surface area contributed by atoms with Gasteiger partial charge in [-0.3, -0.25) is 0 Å². The number of halogens is 2. The first kappa shape index (κ1) is 12.0. The normalized spacial score (nSPS) is 13.5. The highest BCUT2D eigenvalue weighted by molar-refractivity contribution is 5.75. The van der Waals surface area contributed by atoms with E-state index >= 15 is 0 Å². The molecule has 0 radical (unpaired) electrons. The summed E-state index contributed by atoms with van der Waals surface area (Å²) in [6.07, 6.45) is 0.521. The molecule has 0 bridgehead atoms. The van der Waals surface area contributed by atoms with Crippen molar-refractivity contribution in [2.24, 2.45) is 11.7 Å². The summed E-state index contributed by atoms with van der Waals surface area (Å²) < 4.78 is 26.4. The van der Waals surface area contributed by atoms with Crippen LogP contribution in [0.4, 0.5) is 8.78 Å². The standard InChI is InChI=1S/C12H15F2N3/c1-6(2)8(15)5-10-16-9-4-3-7(13)11(14)12(9)17-10/h3-4,6,8H,5,15H2,1-2H3,(H,16,17). The van der Waals surface area contributed by atoms with Crippen LogP contribution in [0.15, 0.2) is 12.1 Å². The van der Waals surface area contributed by atoms with Crippen molar-refractivity contribution in [3.63, 3.8) is 0 Å². The molecule has 2 rings (SSSR count). The summed E-state index contributed by atoms with van der Waals surface area (Å²) in [5, 5.41) is 0. The lowest BCUT2D eigenvalue weighted by molar-refractivity contribution is 0.483. The number of benzene rings is 1. The third-order valence-corrected chi connectivity index (χ3v) is 2.88. The summed E-state index contributed by atoms with van der Waals surface area (Å²) in [6.45, 7) is 4.02. The van der Waals surface area contributed by atoms with Gasteiger partial charge in [0.1, 0.15) is 11.3 Å². The highest BCUT2D eigenvalue weighted by atomic mass is 19.2. The second kappa shape index (κ2) is 4.41. The van der Waals surface area contributed by atoms with Gasteiger partial charge in [-0.1, -0.05) is 13.8 Å². The molecule has 1 atom stereocenters. The fourth-order valence-electron chi connectivity index (χ4n) is 1.62. The number of nitrogens with one attached hydrogen (secondary N) is 1. The molecule has 17 heavy (non-hydrogen) atoms. The average Bonchev–Trinajstić information content (AvgIpc) is 2.67. The minimum absolute atomic E-state index is 0.0379. The van der Waals surface area contributed by atoms with Crippen molar-refractivity contribution in [1.82, 2.24) is 9.97 Å². The smallest absolute Gasteiger partial charge is 0.186 e. The largest absolute Gasteiger partial charge is 0.342 e. The van der Waals surface area contributed by atoms with E-state index in [-0.39, 0.29) is 11.6 Å². The maximum Gasteiger partial charge on any atom is 0.186 e. The van der Waals surface area contributed by atoms with E-state index in [1.54, 1.807) is 0 Å². The Kier molecular flexibility index (Phi) is 3.11. The highest BCUT2D eigenvalue weighted by Gasteiger charge is 2.15. The first-order valence-electron chi connectivity index (χ1n) is 5.57. The second-order valence-electron chi connectivity index (χ2n) is 4.55. The molecule has 92 valence electrons. The fourth-order valence-corrected chi connectivity index (χ4v) is 1.62. The topological polar surface area (TPSA) is 54.7 Å². The van der Waals surface area contributed by atoms with Gasteiger partial charge in [-0.15, -0.1) is 0 Å². The SMILES string of the molecule is CC(C)C(N)Cc1nc2c(F)c(F)ccc2[nH]1. The Labute approximate surface area is 98.0 Å². The zero-order chi connectivity index (χ0) is 12.6. The van der Waals surface area contributed by atoms with Gasteiger partial charge in [-0.05, 0) is 18.1 Å². The van der Waals surface area contributed by atoms with Crippen molar-refractivity contribution >= 4 is 11.0 Å². The molecule has 3 nitrogen and oxygen atoms in total. The minimum atomic E-state index is -0.914. The molecule has 0 spiro atoms. The lowest BCUT2D eigenvalue weighted by Crippen LogP contribution is -2.29. The maximum absolute atomic E-state index is 13.4. The Morgan fingerprint density at radius 1 is 1.35 bits per heavy atom. The van der Waals surface area contributed by atoms with Crippen LogP contribution < -0.4 is 5.73 Å². The molecule has 3 N–H and O–H groups in total. The number of imidazole rings is 1. The van der Waals surface area contributed by atoms with Gasteiger partial charge in [0, 0.05) is 12.5 Å². The van der Waals surface area contributed by atoms with E-state index in [1.165, 1.54) is 6.07 Å². The Bertz CT molecular complexity index is 534. The number of aromatic nitrogens is 2. The summed E-state index contributed by atoms with van der Waals surface area (Å²) in [5.41, 5.74) is 6.44. The lowest BCUT2D eigenvalue weighted by atomic mass is 10.0. The number of nitrogens with two attached hydrogens (primary N) is 1. The number of hydrogen-bond acceptors (Lipinski definition) is 2. The summed E-state index contributed by atoms with van der Waals surface area (Å²) in [6, 6.07) is 2.51. The molecule has 0 saturated heterocycles.